The van der Waals surface area contributed by atoms with E-state index in [9.17, 15) is 12.8 Å². The highest BCUT2D eigenvalue weighted by Gasteiger charge is 2.34. The maximum atomic E-state index is 13.3. The van der Waals surface area contributed by atoms with Gasteiger partial charge < -0.3 is 5.73 Å². The van der Waals surface area contributed by atoms with Crippen molar-refractivity contribution in [2.45, 2.75) is 30.7 Å². The van der Waals surface area contributed by atoms with Crippen LogP contribution in [0.4, 0.5) is 10.1 Å². The first kappa shape index (κ1) is 12.3. The fraction of sp³-hybridized carbons (Fsp3) is 0.455. The first-order chi connectivity index (χ1) is 7.94. The van der Waals surface area contributed by atoms with Crippen molar-refractivity contribution in [2.24, 2.45) is 0 Å². The highest BCUT2D eigenvalue weighted by atomic mass is 32.2. The normalized spacial score (nSPS) is 21.9. The van der Waals surface area contributed by atoms with Crippen LogP contribution < -0.4 is 5.73 Å². The lowest BCUT2D eigenvalue weighted by Gasteiger charge is -2.21. The Labute approximate surface area is 100 Å². The van der Waals surface area contributed by atoms with Crippen molar-refractivity contribution in [3.8, 4) is 0 Å². The third kappa shape index (κ3) is 2.02. The Kier molecular flexibility index (Phi) is 3.09. The molecule has 1 atom stereocenters. The van der Waals surface area contributed by atoms with Crippen molar-refractivity contribution in [3.63, 3.8) is 0 Å². The minimum absolute atomic E-state index is 0.0531. The van der Waals surface area contributed by atoms with E-state index in [-0.39, 0.29) is 16.6 Å². The number of para-hydroxylation sites is 1. The van der Waals surface area contributed by atoms with Crippen molar-refractivity contribution in [1.29, 1.82) is 0 Å². The Morgan fingerprint density at radius 2 is 2.18 bits per heavy atom. The molecule has 0 saturated carbocycles. The molecule has 1 fully saturated rings. The van der Waals surface area contributed by atoms with Crippen LogP contribution in [-0.2, 0) is 10.0 Å². The second kappa shape index (κ2) is 4.27. The van der Waals surface area contributed by atoms with Gasteiger partial charge >= 0.3 is 0 Å². The van der Waals surface area contributed by atoms with Crippen LogP contribution in [0.2, 0.25) is 0 Å². The van der Waals surface area contributed by atoms with Gasteiger partial charge in [-0.1, -0.05) is 6.07 Å². The zero-order valence-corrected chi connectivity index (χ0v) is 10.4. The fourth-order valence-electron chi connectivity index (χ4n) is 2.13. The van der Waals surface area contributed by atoms with Crippen molar-refractivity contribution >= 4 is 15.7 Å². The fourth-order valence-corrected chi connectivity index (χ4v) is 3.96. The predicted octanol–water partition coefficient (Wildman–Crippen LogP) is 1.58. The summed E-state index contributed by atoms with van der Waals surface area (Å²) >= 11 is 0. The SMILES string of the molecule is CC1CCCN1S(=O)(=O)c1cccc(F)c1N. The van der Waals surface area contributed by atoms with E-state index in [1.807, 2.05) is 6.92 Å². The molecule has 1 saturated heterocycles. The molecule has 6 heteroatoms. The molecule has 0 aliphatic carbocycles. The average Bonchev–Trinajstić information content (AvgIpc) is 2.69. The maximum absolute atomic E-state index is 13.3. The third-order valence-electron chi connectivity index (χ3n) is 3.09. The topological polar surface area (TPSA) is 63.4 Å². The molecule has 1 aliphatic heterocycles. The van der Waals surface area contributed by atoms with Crippen LogP contribution in [0.3, 0.4) is 0 Å². The number of halogens is 1. The van der Waals surface area contributed by atoms with Crippen LogP contribution >= 0.6 is 0 Å². The van der Waals surface area contributed by atoms with Crippen LogP contribution in [0.5, 0.6) is 0 Å². The third-order valence-corrected chi connectivity index (χ3v) is 5.16. The minimum Gasteiger partial charge on any atom is -0.395 e. The number of anilines is 1. The molecule has 1 aromatic carbocycles. The van der Waals surface area contributed by atoms with Gasteiger partial charge in [-0.3, -0.25) is 0 Å². The van der Waals surface area contributed by atoms with E-state index in [4.69, 9.17) is 5.73 Å². The average molecular weight is 258 g/mol. The second-order valence-corrected chi connectivity index (χ2v) is 6.12. The summed E-state index contributed by atoms with van der Waals surface area (Å²) in [6.07, 6.45) is 1.66. The molecule has 0 spiro atoms. The molecule has 0 radical (unpaired) electrons. The van der Waals surface area contributed by atoms with Crippen LogP contribution in [0.15, 0.2) is 23.1 Å². The standard InChI is InChI=1S/C11H15FN2O2S/c1-8-4-3-7-14(8)17(15,16)10-6-2-5-9(12)11(10)13/h2,5-6,8H,3-4,7,13H2,1H3. The number of rotatable bonds is 2. The van der Waals surface area contributed by atoms with Gasteiger partial charge in [0.05, 0.1) is 5.69 Å². The monoisotopic (exact) mass is 258 g/mol. The quantitative estimate of drug-likeness (QED) is 0.819. The summed E-state index contributed by atoms with van der Waals surface area (Å²) in [7, 11) is -3.67. The smallest absolute Gasteiger partial charge is 0.245 e. The molecular formula is C11H15FN2O2S. The molecule has 1 aromatic rings. The van der Waals surface area contributed by atoms with Crippen LogP contribution in [-0.4, -0.2) is 25.3 Å². The Balaban J connectivity index is 2.48. The van der Waals surface area contributed by atoms with Crippen molar-refractivity contribution in [2.75, 3.05) is 12.3 Å². The van der Waals surface area contributed by atoms with E-state index in [0.717, 1.165) is 18.9 Å². The molecule has 0 bridgehead atoms. The molecule has 17 heavy (non-hydrogen) atoms. The van der Waals surface area contributed by atoms with Crippen molar-refractivity contribution in [1.82, 2.24) is 4.31 Å². The van der Waals surface area contributed by atoms with Gasteiger partial charge in [-0.25, -0.2) is 12.8 Å². The van der Waals surface area contributed by atoms with Gasteiger partial charge in [0.25, 0.3) is 0 Å². The van der Waals surface area contributed by atoms with Crippen molar-refractivity contribution in [3.05, 3.63) is 24.0 Å². The zero-order valence-electron chi connectivity index (χ0n) is 9.56. The summed E-state index contributed by atoms with van der Waals surface area (Å²) in [4.78, 5) is -0.133. The molecule has 1 unspecified atom stereocenters. The molecule has 1 heterocycles. The van der Waals surface area contributed by atoms with Crippen LogP contribution in [0, 0.1) is 5.82 Å². The highest BCUT2D eigenvalue weighted by molar-refractivity contribution is 7.89. The lowest BCUT2D eigenvalue weighted by atomic mass is 10.3. The first-order valence-electron chi connectivity index (χ1n) is 5.50. The van der Waals surface area contributed by atoms with Gasteiger partial charge in [-0.15, -0.1) is 0 Å². The summed E-state index contributed by atoms with van der Waals surface area (Å²) in [5.41, 5.74) is 5.20. The zero-order chi connectivity index (χ0) is 12.6. The molecule has 94 valence electrons. The Bertz CT molecular complexity index is 530. The van der Waals surface area contributed by atoms with Crippen molar-refractivity contribution < 1.29 is 12.8 Å². The maximum Gasteiger partial charge on any atom is 0.245 e. The summed E-state index contributed by atoms with van der Waals surface area (Å²) in [6.45, 7) is 2.32. The molecule has 0 amide bonds. The van der Waals surface area contributed by atoms with Gasteiger partial charge in [0.15, 0.2) is 0 Å². The Morgan fingerprint density at radius 3 is 2.76 bits per heavy atom. The first-order valence-corrected chi connectivity index (χ1v) is 6.94. The van der Waals surface area contributed by atoms with E-state index in [1.165, 1.54) is 16.4 Å². The van der Waals surface area contributed by atoms with E-state index >= 15 is 0 Å². The van der Waals surface area contributed by atoms with E-state index in [1.54, 1.807) is 0 Å². The number of hydrogen-bond acceptors (Lipinski definition) is 3. The van der Waals surface area contributed by atoms with Crippen LogP contribution in [0.25, 0.3) is 0 Å². The molecule has 1 aliphatic rings. The Morgan fingerprint density at radius 1 is 1.47 bits per heavy atom. The number of nitrogens with two attached hydrogens (primary N) is 1. The van der Waals surface area contributed by atoms with Crippen LogP contribution in [0.1, 0.15) is 19.8 Å². The number of sulfonamides is 1. The summed E-state index contributed by atoms with van der Waals surface area (Å²) in [6, 6.07) is 3.81. The lowest BCUT2D eigenvalue weighted by Crippen LogP contribution is -2.34. The number of nitrogen functional groups attached to an aromatic ring is 1. The largest absolute Gasteiger partial charge is 0.395 e. The lowest BCUT2D eigenvalue weighted by molar-refractivity contribution is 0.408. The molecular weight excluding hydrogens is 243 g/mol. The summed E-state index contributed by atoms with van der Waals surface area (Å²) in [5, 5.41) is 0. The number of benzene rings is 1. The Hall–Kier alpha value is -1.14. The number of nitrogens with zero attached hydrogens (tertiary/aromatic N) is 1. The van der Waals surface area contributed by atoms with Gasteiger partial charge in [0.2, 0.25) is 10.0 Å². The second-order valence-electron chi connectivity index (χ2n) is 4.26. The summed E-state index contributed by atoms with van der Waals surface area (Å²) < 4.78 is 39.3. The van der Waals surface area contributed by atoms with E-state index in [2.05, 4.69) is 0 Å². The van der Waals surface area contributed by atoms with E-state index < -0.39 is 15.8 Å². The summed E-state index contributed by atoms with van der Waals surface area (Å²) in [5.74, 6) is -0.696. The minimum atomic E-state index is -3.67. The predicted molar refractivity (Wildman–Crippen MR) is 63.4 cm³/mol. The molecule has 2 N–H and O–H groups in total. The molecule has 0 aromatic heterocycles. The van der Waals surface area contributed by atoms with Gasteiger partial charge in [-0.2, -0.15) is 4.31 Å². The molecule has 2 rings (SSSR count). The van der Waals surface area contributed by atoms with Gasteiger partial charge in [-0.05, 0) is 31.9 Å². The van der Waals surface area contributed by atoms with E-state index in [0.29, 0.717) is 6.54 Å². The number of hydrogen-bond donors (Lipinski definition) is 1. The highest BCUT2D eigenvalue weighted by Crippen LogP contribution is 2.29. The van der Waals surface area contributed by atoms with Gasteiger partial charge in [0, 0.05) is 12.6 Å². The van der Waals surface area contributed by atoms with Gasteiger partial charge in [0.1, 0.15) is 10.7 Å². The molecule has 4 nitrogen and oxygen atoms in total.